The molecular formula is C12H8BrCl3N2O2S. The molecule has 0 bridgehead atoms. The van der Waals surface area contributed by atoms with Gasteiger partial charge in [-0.3, -0.25) is 0 Å². The van der Waals surface area contributed by atoms with Crippen LogP contribution in [0, 0.1) is 0 Å². The SMILES string of the molecule is O=S(=O)(NCc1cc(Cl)ccc1Cl)c1cnc(Cl)c(Br)c1. The van der Waals surface area contributed by atoms with Gasteiger partial charge in [-0.2, -0.15) is 0 Å². The topological polar surface area (TPSA) is 59.1 Å². The van der Waals surface area contributed by atoms with Crippen molar-refractivity contribution >= 4 is 60.8 Å². The van der Waals surface area contributed by atoms with E-state index in [-0.39, 0.29) is 16.6 Å². The molecule has 1 heterocycles. The Kier molecular flexibility index (Phi) is 5.51. The first kappa shape index (κ1) is 17.0. The Morgan fingerprint density at radius 1 is 1.19 bits per heavy atom. The molecule has 0 atom stereocenters. The maximum absolute atomic E-state index is 12.2. The van der Waals surface area contributed by atoms with Crippen LogP contribution in [-0.4, -0.2) is 13.4 Å². The monoisotopic (exact) mass is 428 g/mol. The molecule has 1 aromatic heterocycles. The van der Waals surface area contributed by atoms with Crippen LogP contribution in [0.15, 0.2) is 39.8 Å². The Hall–Kier alpha value is -0.370. The summed E-state index contributed by atoms with van der Waals surface area (Å²) in [6.45, 7) is 0.0158. The van der Waals surface area contributed by atoms with E-state index >= 15 is 0 Å². The number of rotatable bonds is 4. The number of hydrogen-bond donors (Lipinski definition) is 1. The van der Waals surface area contributed by atoms with Crippen LogP contribution in [0.4, 0.5) is 0 Å². The summed E-state index contributed by atoms with van der Waals surface area (Å²) in [6.07, 6.45) is 1.18. The van der Waals surface area contributed by atoms with Crippen LogP contribution in [0.25, 0.3) is 0 Å². The Balaban J connectivity index is 2.21. The lowest BCUT2D eigenvalue weighted by Crippen LogP contribution is -2.23. The first-order chi connectivity index (χ1) is 9.79. The molecule has 1 aromatic carbocycles. The molecule has 0 saturated carbocycles. The third-order valence-corrected chi connectivity index (χ3v) is 5.65. The summed E-state index contributed by atoms with van der Waals surface area (Å²) in [6, 6.07) is 6.20. The highest BCUT2D eigenvalue weighted by Crippen LogP contribution is 2.24. The van der Waals surface area contributed by atoms with Crippen molar-refractivity contribution in [3.8, 4) is 0 Å². The second kappa shape index (κ2) is 6.81. The largest absolute Gasteiger partial charge is 0.242 e. The quantitative estimate of drug-likeness (QED) is 0.737. The molecule has 0 aliphatic heterocycles. The van der Waals surface area contributed by atoms with Crippen molar-refractivity contribution in [2.24, 2.45) is 0 Å². The molecule has 0 aliphatic rings. The van der Waals surface area contributed by atoms with Gasteiger partial charge in [-0.05, 0) is 45.8 Å². The fraction of sp³-hybridized carbons (Fsp3) is 0.0833. The molecule has 0 aliphatic carbocycles. The predicted octanol–water partition coefficient (Wildman–Crippen LogP) is 4.28. The van der Waals surface area contributed by atoms with Crippen molar-refractivity contribution in [3.63, 3.8) is 0 Å². The molecule has 2 rings (SSSR count). The Bertz CT molecular complexity index is 784. The van der Waals surface area contributed by atoms with Crippen molar-refractivity contribution in [3.05, 3.63) is 55.7 Å². The molecule has 4 nitrogen and oxygen atoms in total. The Morgan fingerprint density at radius 2 is 1.90 bits per heavy atom. The molecule has 9 heteroatoms. The van der Waals surface area contributed by atoms with Crippen LogP contribution in [0.3, 0.4) is 0 Å². The third-order valence-electron chi connectivity index (χ3n) is 2.54. The zero-order valence-corrected chi connectivity index (χ0v) is 14.9. The van der Waals surface area contributed by atoms with Crippen LogP contribution in [0.2, 0.25) is 15.2 Å². The van der Waals surface area contributed by atoms with E-state index in [0.717, 1.165) is 0 Å². The van der Waals surface area contributed by atoms with Gasteiger partial charge in [-0.1, -0.05) is 34.8 Å². The number of sulfonamides is 1. The van der Waals surface area contributed by atoms with E-state index in [1.807, 2.05) is 0 Å². The van der Waals surface area contributed by atoms with Gasteiger partial charge in [0.25, 0.3) is 0 Å². The van der Waals surface area contributed by atoms with E-state index in [1.54, 1.807) is 18.2 Å². The fourth-order valence-corrected chi connectivity index (χ4v) is 3.45. The number of benzene rings is 1. The van der Waals surface area contributed by atoms with Crippen molar-refractivity contribution < 1.29 is 8.42 Å². The van der Waals surface area contributed by atoms with Gasteiger partial charge in [0.1, 0.15) is 10.0 Å². The van der Waals surface area contributed by atoms with Gasteiger partial charge in [0.15, 0.2) is 0 Å². The average Bonchev–Trinajstić information content (AvgIpc) is 2.43. The van der Waals surface area contributed by atoms with Crippen molar-refractivity contribution in [1.82, 2.24) is 9.71 Å². The standard InChI is InChI=1S/C12H8BrCl3N2O2S/c13-10-4-9(6-17-12(10)16)21(19,20)18-5-7-3-8(14)1-2-11(7)15/h1-4,6,18H,5H2. The van der Waals surface area contributed by atoms with Crippen molar-refractivity contribution in [2.45, 2.75) is 11.4 Å². The van der Waals surface area contributed by atoms with Crippen LogP contribution >= 0.6 is 50.7 Å². The van der Waals surface area contributed by atoms with Gasteiger partial charge in [0, 0.05) is 22.8 Å². The van der Waals surface area contributed by atoms with E-state index in [0.29, 0.717) is 20.1 Å². The van der Waals surface area contributed by atoms with E-state index < -0.39 is 10.0 Å². The van der Waals surface area contributed by atoms with Crippen LogP contribution in [0.1, 0.15) is 5.56 Å². The maximum atomic E-state index is 12.2. The molecule has 112 valence electrons. The summed E-state index contributed by atoms with van der Waals surface area (Å²) in [7, 11) is -3.73. The minimum absolute atomic E-state index is 0.00285. The number of pyridine rings is 1. The summed E-state index contributed by atoms with van der Waals surface area (Å²) in [4.78, 5) is 3.78. The van der Waals surface area contributed by atoms with Gasteiger partial charge in [0.05, 0.1) is 4.47 Å². The zero-order chi connectivity index (χ0) is 15.6. The Labute approximate surface area is 145 Å². The average molecular weight is 431 g/mol. The van der Waals surface area contributed by atoms with Gasteiger partial charge < -0.3 is 0 Å². The molecule has 0 saturated heterocycles. The highest BCUT2D eigenvalue weighted by molar-refractivity contribution is 9.10. The highest BCUT2D eigenvalue weighted by Gasteiger charge is 2.16. The first-order valence-electron chi connectivity index (χ1n) is 5.54. The lowest BCUT2D eigenvalue weighted by molar-refractivity contribution is 0.581. The van der Waals surface area contributed by atoms with Gasteiger partial charge in [-0.25, -0.2) is 18.1 Å². The molecule has 0 radical (unpaired) electrons. The first-order valence-corrected chi connectivity index (χ1v) is 8.95. The predicted molar refractivity (Wildman–Crippen MR) is 87.4 cm³/mol. The molecule has 1 N–H and O–H groups in total. The molecule has 2 aromatic rings. The van der Waals surface area contributed by atoms with Gasteiger partial charge in [0.2, 0.25) is 10.0 Å². The Morgan fingerprint density at radius 3 is 2.57 bits per heavy atom. The lowest BCUT2D eigenvalue weighted by atomic mass is 10.2. The van der Waals surface area contributed by atoms with E-state index in [1.165, 1.54) is 12.3 Å². The summed E-state index contributed by atoms with van der Waals surface area (Å²) < 4.78 is 27.2. The molecule has 0 unspecified atom stereocenters. The lowest BCUT2D eigenvalue weighted by Gasteiger charge is -2.09. The van der Waals surface area contributed by atoms with Gasteiger partial charge in [-0.15, -0.1) is 0 Å². The van der Waals surface area contributed by atoms with Crippen molar-refractivity contribution in [2.75, 3.05) is 0 Å². The second-order valence-electron chi connectivity index (χ2n) is 4.00. The van der Waals surface area contributed by atoms with E-state index in [2.05, 4.69) is 25.6 Å². The van der Waals surface area contributed by atoms with Crippen molar-refractivity contribution in [1.29, 1.82) is 0 Å². The molecule has 0 fully saturated rings. The summed E-state index contributed by atoms with van der Waals surface area (Å²) in [5, 5.41) is 1.09. The number of aromatic nitrogens is 1. The molecule has 21 heavy (non-hydrogen) atoms. The highest BCUT2D eigenvalue weighted by atomic mass is 79.9. The fourth-order valence-electron chi connectivity index (χ4n) is 1.49. The van der Waals surface area contributed by atoms with E-state index in [4.69, 9.17) is 34.8 Å². The molecular weight excluding hydrogens is 422 g/mol. The number of halogens is 4. The summed E-state index contributed by atoms with van der Waals surface area (Å²) in [5.74, 6) is 0. The van der Waals surface area contributed by atoms with Crippen LogP contribution in [0.5, 0.6) is 0 Å². The minimum Gasteiger partial charge on any atom is -0.242 e. The van der Waals surface area contributed by atoms with Crippen LogP contribution < -0.4 is 4.72 Å². The smallest absolute Gasteiger partial charge is 0.242 e. The number of nitrogens with zero attached hydrogens (tertiary/aromatic N) is 1. The second-order valence-corrected chi connectivity index (χ2v) is 7.83. The maximum Gasteiger partial charge on any atom is 0.242 e. The minimum atomic E-state index is -3.73. The molecule has 0 amide bonds. The zero-order valence-electron chi connectivity index (χ0n) is 10.3. The number of nitrogens with one attached hydrogen (secondary N) is 1. The summed E-state index contributed by atoms with van der Waals surface area (Å²) in [5.41, 5.74) is 0.578. The summed E-state index contributed by atoms with van der Waals surface area (Å²) >= 11 is 20.7. The third kappa shape index (κ3) is 4.31. The van der Waals surface area contributed by atoms with E-state index in [9.17, 15) is 8.42 Å². The number of hydrogen-bond acceptors (Lipinski definition) is 3. The molecule has 0 spiro atoms. The van der Waals surface area contributed by atoms with Crippen LogP contribution in [-0.2, 0) is 16.6 Å². The normalized spacial score (nSPS) is 11.6. The van der Waals surface area contributed by atoms with Gasteiger partial charge >= 0.3 is 0 Å².